The lowest BCUT2D eigenvalue weighted by Crippen LogP contribution is -1.80. The van der Waals surface area contributed by atoms with Gasteiger partial charge < -0.3 is 0 Å². The summed E-state index contributed by atoms with van der Waals surface area (Å²) in [6, 6.07) is 0. The van der Waals surface area contributed by atoms with Gasteiger partial charge in [-0.25, -0.2) is 0 Å². The summed E-state index contributed by atoms with van der Waals surface area (Å²) >= 11 is 0. The monoisotopic (exact) mass is 138 g/mol. The zero-order valence-corrected chi connectivity index (χ0v) is 6.13. The fourth-order valence-corrected chi connectivity index (χ4v) is 0.382. The van der Waals surface area contributed by atoms with Crippen molar-refractivity contribution < 1.29 is 9.59 Å². The second-order valence-corrected chi connectivity index (χ2v) is 1.94. The van der Waals surface area contributed by atoms with Crippen molar-refractivity contribution in [1.29, 1.82) is 0 Å². The van der Waals surface area contributed by atoms with Crippen molar-refractivity contribution >= 4 is 11.6 Å². The van der Waals surface area contributed by atoms with Crippen LogP contribution in [0.4, 0.5) is 0 Å². The molecule has 54 valence electrons. The van der Waals surface area contributed by atoms with E-state index in [-0.39, 0.29) is 11.6 Å². The first kappa shape index (κ1) is 8.82. The molecule has 0 amide bonds. The van der Waals surface area contributed by atoms with E-state index in [1.54, 1.807) is 12.2 Å². The fourth-order valence-electron chi connectivity index (χ4n) is 0.382. The summed E-state index contributed by atoms with van der Waals surface area (Å²) in [7, 11) is 0. The van der Waals surface area contributed by atoms with E-state index in [1.807, 2.05) is 0 Å². The summed E-state index contributed by atoms with van der Waals surface area (Å²) in [6.07, 6.45) is 5.90. The van der Waals surface area contributed by atoms with Crippen LogP contribution in [0, 0.1) is 0 Å². The number of hydrogen-bond acceptors (Lipinski definition) is 2. The standard InChI is InChI=1S/C8H10O2/c1-7(9)5-3-4-6-8(2)10/h3-6H,1-2H3/b5-3-,6-4+. The SMILES string of the molecule is CC(=O)/C=C\C=C\C(C)=O. The summed E-state index contributed by atoms with van der Waals surface area (Å²) in [5.74, 6) is -0.0404. The van der Waals surface area contributed by atoms with Gasteiger partial charge in [0.2, 0.25) is 0 Å². The number of hydrogen-bond donors (Lipinski definition) is 0. The van der Waals surface area contributed by atoms with Crippen LogP contribution < -0.4 is 0 Å². The molecule has 0 unspecified atom stereocenters. The first-order valence-electron chi connectivity index (χ1n) is 2.99. The minimum Gasteiger partial charge on any atom is -0.295 e. The molecular formula is C8H10O2. The van der Waals surface area contributed by atoms with Gasteiger partial charge in [-0.05, 0) is 26.0 Å². The van der Waals surface area contributed by atoms with Gasteiger partial charge >= 0.3 is 0 Å². The zero-order valence-electron chi connectivity index (χ0n) is 6.13. The highest BCUT2D eigenvalue weighted by Gasteiger charge is 1.79. The smallest absolute Gasteiger partial charge is 0.152 e. The zero-order chi connectivity index (χ0) is 7.98. The molecule has 0 aromatic carbocycles. The van der Waals surface area contributed by atoms with Crippen molar-refractivity contribution in [3.63, 3.8) is 0 Å². The average Bonchev–Trinajstić information content (AvgIpc) is 1.79. The Labute approximate surface area is 60.2 Å². The normalized spacial score (nSPS) is 11.0. The minimum atomic E-state index is -0.0202. The second-order valence-electron chi connectivity index (χ2n) is 1.94. The summed E-state index contributed by atoms with van der Waals surface area (Å²) < 4.78 is 0. The van der Waals surface area contributed by atoms with Gasteiger partial charge in [-0.2, -0.15) is 0 Å². The van der Waals surface area contributed by atoms with Gasteiger partial charge in [0.15, 0.2) is 11.6 Å². The molecule has 2 heteroatoms. The summed E-state index contributed by atoms with van der Waals surface area (Å²) in [6.45, 7) is 2.91. The molecule has 0 aliphatic heterocycles. The first-order valence-corrected chi connectivity index (χ1v) is 2.99. The van der Waals surface area contributed by atoms with Gasteiger partial charge in [-0.3, -0.25) is 9.59 Å². The van der Waals surface area contributed by atoms with Crippen molar-refractivity contribution in [1.82, 2.24) is 0 Å². The van der Waals surface area contributed by atoms with E-state index in [2.05, 4.69) is 0 Å². The molecule has 0 aromatic heterocycles. The summed E-state index contributed by atoms with van der Waals surface area (Å²) in [4.78, 5) is 20.6. The van der Waals surface area contributed by atoms with Gasteiger partial charge in [0.25, 0.3) is 0 Å². The maximum Gasteiger partial charge on any atom is 0.152 e. The lowest BCUT2D eigenvalue weighted by Gasteiger charge is -1.75. The predicted molar refractivity (Wildman–Crippen MR) is 39.6 cm³/mol. The Morgan fingerprint density at radius 2 is 1.20 bits per heavy atom. The van der Waals surface area contributed by atoms with E-state index in [0.29, 0.717) is 0 Å². The highest BCUT2D eigenvalue weighted by atomic mass is 16.1. The third-order valence-electron chi connectivity index (χ3n) is 0.773. The summed E-state index contributed by atoms with van der Waals surface area (Å²) in [5, 5.41) is 0. The van der Waals surface area contributed by atoms with Crippen LogP contribution in [0.15, 0.2) is 24.3 Å². The molecule has 0 atom stereocenters. The van der Waals surface area contributed by atoms with E-state index in [1.165, 1.54) is 26.0 Å². The van der Waals surface area contributed by atoms with Crippen LogP contribution in [-0.2, 0) is 9.59 Å². The van der Waals surface area contributed by atoms with Crippen molar-refractivity contribution in [2.75, 3.05) is 0 Å². The Hall–Kier alpha value is -1.18. The van der Waals surface area contributed by atoms with Gasteiger partial charge in [0.1, 0.15) is 0 Å². The van der Waals surface area contributed by atoms with Gasteiger partial charge in [0, 0.05) is 0 Å². The quantitative estimate of drug-likeness (QED) is 0.435. The molecule has 0 fully saturated rings. The lowest BCUT2D eigenvalue weighted by atomic mass is 10.3. The van der Waals surface area contributed by atoms with E-state index in [9.17, 15) is 9.59 Å². The molecule has 0 heterocycles. The summed E-state index contributed by atoms with van der Waals surface area (Å²) in [5.41, 5.74) is 0. The van der Waals surface area contributed by atoms with Crippen LogP contribution in [0.3, 0.4) is 0 Å². The van der Waals surface area contributed by atoms with E-state index in [0.717, 1.165) is 0 Å². The molecule has 0 aliphatic rings. The van der Waals surface area contributed by atoms with Crippen LogP contribution in [0.2, 0.25) is 0 Å². The van der Waals surface area contributed by atoms with E-state index in [4.69, 9.17) is 0 Å². The van der Waals surface area contributed by atoms with Gasteiger partial charge in [0.05, 0.1) is 0 Å². The Morgan fingerprint density at radius 1 is 0.900 bits per heavy atom. The third-order valence-corrected chi connectivity index (χ3v) is 0.773. The Morgan fingerprint density at radius 3 is 1.40 bits per heavy atom. The molecule has 2 nitrogen and oxygen atoms in total. The molecule has 0 spiro atoms. The van der Waals surface area contributed by atoms with Crippen LogP contribution in [0.1, 0.15) is 13.8 Å². The Balaban J connectivity index is 3.73. The number of ketones is 2. The number of carbonyl (C=O) groups excluding carboxylic acids is 2. The van der Waals surface area contributed by atoms with Crippen molar-refractivity contribution in [2.24, 2.45) is 0 Å². The lowest BCUT2D eigenvalue weighted by molar-refractivity contribution is -0.113. The number of allylic oxidation sites excluding steroid dienone is 4. The highest BCUT2D eigenvalue weighted by Crippen LogP contribution is 1.79. The maximum absolute atomic E-state index is 10.3. The average molecular weight is 138 g/mol. The van der Waals surface area contributed by atoms with Gasteiger partial charge in [-0.1, -0.05) is 12.2 Å². The van der Waals surface area contributed by atoms with E-state index >= 15 is 0 Å². The molecule has 0 N–H and O–H groups in total. The second kappa shape index (κ2) is 4.68. The van der Waals surface area contributed by atoms with Gasteiger partial charge in [-0.15, -0.1) is 0 Å². The molecule has 10 heavy (non-hydrogen) atoms. The topological polar surface area (TPSA) is 34.1 Å². The fraction of sp³-hybridized carbons (Fsp3) is 0.250. The number of carbonyl (C=O) groups is 2. The molecule has 0 rings (SSSR count). The third kappa shape index (κ3) is 6.82. The Bertz CT molecular complexity index is 165. The first-order chi connectivity index (χ1) is 4.63. The molecular weight excluding hydrogens is 128 g/mol. The number of rotatable bonds is 3. The van der Waals surface area contributed by atoms with Crippen LogP contribution in [0.5, 0.6) is 0 Å². The molecule has 0 bridgehead atoms. The highest BCUT2D eigenvalue weighted by molar-refractivity contribution is 5.89. The van der Waals surface area contributed by atoms with Crippen molar-refractivity contribution in [3.8, 4) is 0 Å². The molecule has 0 radical (unpaired) electrons. The van der Waals surface area contributed by atoms with Crippen molar-refractivity contribution in [2.45, 2.75) is 13.8 Å². The van der Waals surface area contributed by atoms with Crippen LogP contribution in [-0.4, -0.2) is 11.6 Å². The maximum atomic E-state index is 10.3. The molecule has 0 aromatic rings. The largest absolute Gasteiger partial charge is 0.295 e. The minimum absolute atomic E-state index is 0.0202. The molecule has 0 saturated heterocycles. The van der Waals surface area contributed by atoms with Crippen molar-refractivity contribution in [3.05, 3.63) is 24.3 Å². The molecule has 0 aliphatic carbocycles. The van der Waals surface area contributed by atoms with E-state index < -0.39 is 0 Å². The van der Waals surface area contributed by atoms with Crippen LogP contribution in [0.25, 0.3) is 0 Å². The molecule has 0 saturated carbocycles. The Kier molecular flexibility index (Phi) is 4.12. The predicted octanol–water partition coefficient (Wildman–Crippen LogP) is 1.28. The van der Waals surface area contributed by atoms with Crippen LogP contribution >= 0.6 is 0 Å².